The van der Waals surface area contributed by atoms with Gasteiger partial charge in [-0.25, -0.2) is 4.39 Å². The molecule has 0 spiro atoms. The summed E-state index contributed by atoms with van der Waals surface area (Å²) in [5.41, 5.74) is 5.18. The van der Waals surface area contributed by atoms with Crippen molar-refractivity contribution >= 4 is 0 Å². The van der Waals surface area contributed by atoms with Crippen molar-refractivity contribution in [3.8, 4) is 5.75 Å². The Morgan fingerprint density at radius 1 is 1.29 bits per heavy atom. The van der Waals surface area contributed by atoms with Crippen LogP contribution in [0, 0.1) is 5.82 Å². The SMILES string of the molecule is NC1(c2ccc(OC(F)(F)F)cc2F)CNC1. The number of alkyl halides is 3. The molecule has 1 aliphatic heterocycles. The van der Waals surface area contributed by atoms with E-state index in [4.69, 9.17) is 5.73 Å². The van der Waals surface area contributed by atoms with Crippen LogP contribution in [0.15, 0.2) is 18.2 Å². The van der Waals surface area contributed by atoms with Crippen LogP contribution in [-0.2, 0) is 5.54 Å². The molecule has 0 bridgehead atoms. The van der Waals surface area contributed by atoms with Gasteiger partial charge in [0.1, 0.15) is 11.6 Å². The van der Waals surface area contributed by atoms with E-state index in [9.17, 15) is 17.6 Å². The largest absolute Gasteiger partial charge is 0.573 e. The number of ether oxygens (including phenoxy) is 1. The molecule has 0 amide bonds. The Morgan fingerprint density at radius 2 is 1.94 bits per heavy atom. The van der Waals surface area contributed by atoms with Crippen LogP contribution in [0.25, 0.3) is 0 Å². The van der Waals surface area contributed by atoms with E-state index in [0.717, 1.165) is 6.07 Å². The van der Waals surface area contributed by atoms with E-state index in [1.807, 2.05) is 0 Å². The topological polar surface area (TPSA) is 47.3 Å². The van der Waals surface area contributed by atoms with E-state index in [2.05, 4.69) is 10.1 Å². The van der Waals surface area contributed by atoms with Crippen LogP contribution in [0.2, 0.25) is 0 Å². The first-order chi connectivity index (χ1) is 7.80. The number of nitrogens with one attached hydrogen (secondary N) is 1. The molecular formula is C10H10F4N2O. The first-order valence-electron chi connectivity index (χ1n) is 4.86. The van der Waals surface area contributed by atoms with Crippen LogP contribution in [0.3, 0.4) is 0 Å². The van der Waals surface area contributed by atoms with Gasteiger partial charge in [-0.3, -0.25) is 0 Å². The predicted octanol–water partition coefficient (Wildman–Crippen LogP) is 1.48. The van der Waals surface area contributed by atoms with E-state index in [1.54, 1.807) is 0 Å². The van der Waals surface area contributed by atoms with Gasteiger partial charge in [0.25, 0.3) is 0 Å². The van der Waals surface area contributed by atoms with Gasteiger partial charge < -0.3 is 15.8 Å². The molecule has 0 radical (unpaired) electrons. The summed E-state index contributed by atoms with van der Waals surface area (Å²) in [6.07, 6.45) is -4.83. The minimum absolute atomic E-state index is 0.186. The zero-order valence-electron chi connectivity index (χ0n) is 8.64. The maximum Gasteiger partial charge on any atom is 0.573 e. The molecule has 1 saturated heterocycles. The van der Waals surface area contributed by atoms with Crippen LogP contribution < -0.4 is 15.8 Å². The minimum Gasteiger partial charge on any atom is -0.406 e. The highest BCUT2D eigenvalue weighted by molar-refractivity contribution is 5.35. The lowest BCUT2D eigenvalue weighted by atomic mass is 9.85. The van der Waals surface area contributed by atoms with Crippen LogP contribution >= 0.6 is 0 Å². The van der Waals surface area contributed by atoms with Gasteiger partial charge in [-0.05, 0) is 6.07 Å². The van der Waals surface area contributed by atoms with Crippen molar-refractivity contribution in [1.82, 2.24) is 5.32 Å². The lowest BCUT2D eigenvalue weighted by Crippen LogP contribution is -2.63. The molecule has 3 nitrogen and oxygen atoms in total. The van der Waals surface area contributed by atoms with E-state index < -0.39 is 23.5 Å². The highest BCUT2D eigenvalue weighted by atomic mass is 19.4. The second-order valence-corrected chi connectivity index (χ2v) is 3.95. The van der Waals surface area contributed by atoms with Crippen molar-refractivity contribution in [2.24, 2.45) is 5.73 Å². The summed E-state index contributed by atoms with van der Waals surface area (Å²) in [5, 5.41) is 2.88. The fourth-order valence-corrected chi connectivity index (χ4v) is 1.68. The minimum atomic E-state index is -4.83. The number of halogens is 4. The second-order valence-electron chi connectivity index (χ2n) is 3.95. The first kappa shape index (κ1) is 12.1. The Bertz CT molecular complexity index is 429. The average Bonchev–Trinajstić information content (AvgIpc) is 2.12. The maximum absolute atomic E-state index is 13.6. The third-order valence-electron chi connectivity index (χ3n) is 2.59. The van der Waals surface area contributed by atoms with Gasteiger partial charge in [-0.15, -0.1) is 13.2 Å². The van der Waals surface area contributed by atoms with Crippen molar-refractivity contribution in [3.05, 3.63) is 29.6 Å². The Morgan fingerprint density at radius 3 is 2.35 bits per heavy atom. The Balaban J connectivity index is 2.23. The zero-order valence-corrected chi connectivity index (χ0v) is 8.64. The van der Waals surface area contributed by atoms with Gasteiger partial charge in [0.15, 0.2) is 0 Å². The van der Waals surface area contributed by atoms with Crippen LogP contribution in [0.5, 0.6) is 5.75 Å². The van der Waals surface area contributed by atoms with Crippen molar-refractivity contribution < 1.29 is 22.3 Å². The molecule has 17 heavy (non-hydrogen) atoms. The lowest BCUT2D eigenvalue weighted by Gasteiger charge is -2.39. The number of rotatable bonds is 2. The summed E-state index contributed by atoms with van der Waals surface area (Å²) in [7, 11) is 0. The zero-order chi connectivity index (χ0) is 12.7. The fraction of sp³-hybridized carbons (Fsp3) is 0.400. The molecule has 0 unspecified atom stereocenters. The second kappa shape index (κ2) is 3.85. The van der Waals surface area contributed by atoms with Crippen molar-refractivity contribution in [1.29, 1.82) is 0 Å². The third-order valence-corrected chi connectivity index (χ3v) is 2.59. The molecule has 1 heterocycles. The van der Waals surface area contributed by atoms with E-state index in [-0.39, 0.29) is 5.56 Å². The lowest BCUT2D eigenvalue weighted by molar-refractivity contribution is -0.274. The van der Waals surface area contributed by atoms with Crippen LogP contribution in [-0.4, -0.2) is 19.5 Å². The molecule has 0 aliphatic carbocycles. The molecule has 0 atom stereocenters. The Hall–Kier alpha value is -1.34. The Kier molecular flexibility index (Phi) is 2.75. The number of benzene rings is 1. The summed E-state index contributed by atoms with van der Waals surface area (Å²) >= 11 is 0. The van der Waals surface area contributed by atoms with E-state index in [1.165, 1.54) is 6.07 Å². The highest BCUT2D eigenvalue weighted by Crippen LogP contribution is 2.30. The van der Waals surface area contributed by atoms with Crippen LogP contribution in [0.1, 0.15) is 5.56 Å². The van der Waals surface area contributed by atoms with Gasteiger partial charge in [0, 0.05) is 24.7 Å². The van der Waals surface area contributed by atoms with Crippen molar-refractivity contribution in [3.63, 3.8) is 0 Å². The summed E-state index contributed by atoms with van der Waals surface area (Å²) in [6, 6.07) is 2.96. The van der Waals surface area contributed by atoms with Crippen molar-refractivity contribution in [2.45, 2.75) is 11.9 Å². The Labute approximate surface area is 94.6 Å². The third kappa shape index (κ3) is 2.50. The van der Waals surface area contributed by atoms with Crippen molar-refractivity contribution in [2.75, 3.05) is 13.1 Å². The summed E-state index contributed by atoms with van der Waals surface area (Å²) in [5.74, 6) is -1.38. The molecule has 0 aromatic heterocycles. The van der Waals surface area contributed by atoms with E-state index in [0.29, 0.717) is 19.2 Å². The van der Waals surface area contributed by atoms with Gasteiger partial charge in [0.05, 0.1) is 5.54 Å². The van der Waals surface area contributed by atoms with Gasteiger partial charge in [-0.2, -0.15) is 0 Å². The average molecular weight is 250 g/mol. The number of hydrogen-bond acceptors (Lipinski definition) is 3. The molecular weight excluding hydrogens is 240 g/mol. The molecule has 2 rings (SSSR count). The molecule has 1 fully saturated rings. The normalized spacial score (nSPS) is 18.6. The number of nitrogens with two attached hydrogens (primary N) is 1. The first-order valence-corrected chi connectivity index (χ1v) is 4.86. The molecule has 1 aromatic rings. The molecule has 3 N–H and O–H groups in total. The predicted molar refractivity (Wildman–Crippen MR) is 51.8 cm³/mol. The van der Waals surface area contributed by atoms with Crippen LogP contribution in [0.4, 0.5) is 17.6 Å². The van der Waals surface area contributed by atoms with Gasteiger partial charge in [0.2, 0.25) is 0 Å². The summed E-state index contributed by atoms with van der Waals surface area (Å²) in [6.45, 7) is 0.785. The monoisotopic (exact) mass is 250 g/mol. The van der Waals surface area contributed by atoms with Gasteiger partial charge >= 0.3 is 6.36 Å². The standard InChI is InChI=1S/C10H10F4N2O/c11-8-3-6(17-10(12,13)14)1-2-7(8)9(15)4-16-5-9/h1-3,16H,4-5,15H2. The summed E-state index contributed by atoms with van der Waals surface area (Å²) in [4.78, 5) is 0. The fourth-order valence-electron chi connectivity index (χ4n) is 1.68. The molecule has 94 valence electrons. The molecule has 1 aliphatic rings. The molecule has 1 aromatic carbocycles. The maximum atomic E-state index is 13.6. The smallest absolute Gasteiger partial charge is 0.406 e. The molecule has 7 heteroatoms. The number of hydrogen-bond donors (Lipinski definition) is 2. The molecule has 0 saturated carbocycles. The van der Waals surface area contributed by atoms with E-state index >= 15 is 0 Å². The quantitative estimate of drug-likeness (QED) is 0.781. The van der Waals surface area contributed by atoms with Gasteiger partial charge in [-0.1, -0.05) is 6.07 Å². The highest BCUT2D eigenvalue weighted by Gasteiger charge is 2.37. The summed E-state index contributed by atoms with van der Waals surface area (Å²) < 4.78 is 52.9.